The second-order valence-corrected chi connectivity index (χ2v) is 8.78. The monoisotopic (exact) mass is 277 g/mol. The minimum Gasteiger partial charge on any atom is -0.391 e. The van der Waals surface area contributed by atoms with E-state index < -0.39 is 0 Å². The van der Waals surface area contributed by atoms with Crippen LogP contribution in [0.3, 0.4) is 0 Å². The average Bonchev–Trinajstić information content (AvgIpc) is 2.40. The lowest BCUT2D eigenvalue weighted by Gasteiger charge is -2.58. The van der Waals surface area contributed by atoms with Crippen LogP contribution in [0.2, 0.25) is 0 Å². The van der Waals surface area contributed by atoms with Crippen LogP contribution in [-0.4, -0.2) is 35.7 Å². The Labute approximate surface area is 123 Å². The van der Waals surface area contributed by atoms with Gasteiger partial charge in [0.1, 0.15) is 0 Å². The zero-order chi connectivity index (χ0) is 13.7. The second-order valence-electron chi connectivity index (χ2n) is 8.78. The Morgan fingerprint density at radius 3 is 2.00 bits per heavy atom. The Kier molecular flexibility index (Phi) is 3.38. The van der Waals surface area contributed by atoms with E-state index in [0.717, 1.165) is 30.2 Å². The average molecular weight is 277 g/mol. The van der Waals surface area contributed by atoms with Crippen molar-refractivity contribution < 1.29 is 5.11 Å². The molecule has 1 N–H and O–H groups in total. The Hall–Kier alpha value is -0.0800. The summed E-state index contributed by atoms with van der Waals surface area (Å²) >= 11 is 0. The summed E-state index contributed by atoms with van der Waals surface area (Å²) in [5, 5.41) is 11.0. The molecule has 2 nitrogen and oxygen atoms in total. The Morgan fingerprint density at radius 1 is 1.00 bits per heavy atom. The number of rotatable bonds is 3. The minimum absolute atomic E-state index is 0.0516. The molecule has 2 heteroatoms. The van der Waals surface area contributed by atoms with Crippen molar-refractivity contribution in [3.8, 4) is 0 Å². The maximum absolute atomic E-state index is 11.0. The summed E-state index contributed by atoms with van der Waals surface area (Å²) in [6, 6.07) is 0. The van der Waals surface area contributed by atoms with E-state index in [1.807, 2.05) is 0 Å². The van der Waals surface area contributed by atoms with Crippen LogP contribution >= 0.6 is 0 Å². The number of hydrogen-bond donors (Lipinski definition) is 1. The lowest BCUT2D eigenvalue weighted by atomic mass is 9.48. The van der Waals surface area contributed by atoms with Crippen LogP contribution in [0, 0.1) is 29.1 Å². The quantitative estimate of drug-likeness (QED) is 0.855. The highest BCUT2D eigenvalue weighted by Crippen LogP contribution is 2.61. The van der Waals surface area contributed by atoms with Crippen molar-refractivity contribution in [1.82, 2.24) is 4.90 Å². The molecule has 114 valence electrons. The SMILES string of the molecule is CC1CCN(CC(O)C23CC4CC(CC(C4)C2)C3)CC1. The molecule has 4 bridgehead atoms. The fourth-order valence-corrected chi connectivity index (χ4v) is 6.27. The third-order valence-corrected chi connectivity index (χ3v) is 7.10. The largest absolute Gasteiger partial charge is 0.391 e. The summed E-state index contributed by atoms with van der Waals surface area (Å²) in [6.45, 7) is 5.75. The van der Waals surface area contributed by atoms with Gasteiger partial charge in [0.2, 0.25) is 0 Å². The number of nitrogens with zero attached hydrogens (tertiary/aromatic N) is 1. The molecule has 0 radical (unpaired) electrons. The zero-order valence-corrected chi connectivity index (χ0v) is 13.1. The van der Waals surface area contributed by atoms with E-state index >= 15 is 0 Å². The van der Waals surface area contributed by atoms with Crippen molar-refractivity contribution in [2.24, 2.45) is 29.1 Å². The van der Waals surface area contributed by atoms with Gasteiger partial charge < -0.3 is 10.0 Å². The topological polar surface area (TPSA) is 23.5 Å². The summed E-state index contributed by atoms with van der Waals surface area (Å²) in [5.74, 6) is 3.76. The first-order chi connectivity index (χ1) is 9.63. The molecule has 4 aliphatic carbocycles. The summed E-state index contributed by atoms with van der Waals surface area (Å²) in [7, 11) is 0. The molecule has 0 amide bonds. The summed E-state index contributed by atoms with van der Waals surface area (Å²) < 4.78 is 0. The third kappa shape index (κ3) is 2.33. The van der Waals surface area contributed by atoms with Gasteiger partial charge in [0, 0.05) is 6.54 Å². The number of likely N-dealkylation sites (tertiary alicyclic amines) is 1. The molecule has 1 aliphatic heterocycles. The van der Waals surface area contributed by atoms with Gasteiger partial charge in [-0.15, -0.1) is 0 Å². The van der Waals surface area contributed by atoms with Crippen LogP contribution in [0.1, 0.15) is 58.3 Å². The van der Waals surface area contributed by atoms with Crippen molar-refractivity contribution in [3.05, 3.63) is 0 Å². The maximum Gasteiger partial charge on any atom is 0.0723 e. The number of β-amino-alcohol motifs (C(OH)–C–C–N with tert-alkyl or cyclic N) is 1. The summed E-state index contributed by atoms with van der Waals surface area (Å²) in [5.41, 5.74) is 0.317. The molecule has 1 atom stereocenters. The predicted octanol–water partition coefficient (Wildman–Crippen LogP) is 3.30. The van der Waals surface area contributed by atoms with Gasteiger partial charge in [-0.25, -0.2) is 0 Å². The molecule has 1 heterocycles. The Bertz CT molecular complexity index is 323. The van der Waals surface area contributed by atoms with Gasteiger partial charge in [0.05, 0.1) is 6.10 Å². The number of aliphatic hydroxyl groups is 1. The van der Waals surface area contributed by atoms with Crippen molar-refractivity contribution >= 4 is 0 Å². The smallest absolute Gasteiger partial charge is 0.0723 e. The van der Waals surface area contributed by atoms with Gasteiger partial charge in [-0.2, -0.15) is 0 Å². The molecule has 0 aromatic carbocycles. The first-order valence-electron chi connectivity index (χ1n) is 9.03. The lowest BCUT2D eigenvalue weighted by molar-refractivity contribution is -0.127. The number of hydrogen-bond acceptors (Lipinski definition) is 2. The third-order valence-electron chi connectivity index (χ3n) is 7.10. The van der Waals surface area contributed by atoms with Gasteiger partial charge in [-0.05, 0) is 93.5 Å². The van der Waals surface area contributed by atoms with Crippen molar-refractivity contribution in [1.29, 1.82) is 0 Å². The summed E-state index contributed by atoms with van der Waals surface area (Å²) in [4.78, 5) is 2.54. The highest BCUT2D eigenvalue weighted by Gasteiger charge is 2.54. The highest BCUT2D eigenvalue weighted by atomic mass is 16.3. The molecule has 0 spiro atoms. The van der Waals surface area contributed by atoms with Gasteiger partial charge in [0.15, 0.2) is 0 Å². The van der Waals surface area contributed by atoms with Crippen LogP contribution < -0.4 is 0 Å². The van der Waals surface area contributed by atoms with E-state index in [0.29, 0.717) is 5.41 Å². The molecule has 4 saturated carbocycles. The van der Waals surface area contributed by atoms with Gasteiger partial charge in [-0.3, -0.25) is 0 Å². The fraction of sp³-hybridized carbons (Fsp3) is 1.00. The molecule has 20 heavy (non-hydrogen) atoms. The standard InChI is InChI=1S/C18H31NO/c1-13-2-4-19(5-3-13)12-17(20)18-9-14-6-15(10-18)8-16(7-14)11-18/h13-17,20H,2-12H2,1H3. The van der Waals surface area contributed by atoms with E-state index in [1.54, 1.807) is 0 Å². The Morgan fingerprint density at radius 2 is 1.50 bits per heavy atom. The van der Waals surface area contributed by atoms with Crippen LogP contribution in [0.4, 0.5) is 0 Å². The molecular formula is C18H31NO. The van der Waals surface area contributed by atoms with Crippen molar-refractivity contribution in [2.45, 2.75) is 64.4 Å². The van der Waals surface area contributed by atoms with E-state index in [4.69, 9.17) is 0 Å². The van der Waals surface area contributed by atoms with Crippen LogP contribution in [0.15, 0.2) is 0 Å². The zero-order valence-electron chi connectivity index (χ0n) is 13.1. The van der Waals surface area contributed by atoms with Gasteiger partial charge in [0.25, 0.3) is 0 Å². The molecule has 1 saturated heterocycles. The van der Waals surface area contributed by atoms with Crippen molar-refractivity contribution in [2.75, 3.05) is 19.6 Å². The Balaban J connectivity index is 1.41. The van der Waals surface area contributed by atoms with E-state index in [2.05, 4.69) is 11.8 Å². The molecule has 1 unspecified atom stereocenters. The van der Waals surface area contributed by atoms with Crippen molar-refractivity contribution in [3.63, 3.8) is 0 Å². The predicted molar refractivity (Wildman–Crippen MR) is 81.4 cm³/mol. The highest BCUT2D eigenvalue weighted by molar-refractivity contribution is 5.04. The normalized spacial score (nSPS) is 46.8. The fourth-order valence-electron chi connectivity index (χ4n) is 6.27. The minimum atomic E-state index is -0.0516. The first-order valence-corrected chi connectivity index (χ1v) is 9.03. The number of piperidine rings is 1. The lowest BCUT2D eigenvalue weighted by Crippen LogP contribution is -2.55. The molecule has 5 aliphatic rings. The van der Waals surface area contributed by atoms with Crippen LogP contribution in [0.5, 0.6) is 0 Å². The van der Waals surface area contributed by atoms with E-state index in [9.17, 15) is 5.11 Å². The van der Waals surface area contributed by atoms with E-state index in [-0.39, 0.29) is 6.10 Å². The molecule has 5 rings (SSSR count). The van der Waals surface area contributed by atoms with Crippen LogP contribution in [-0.2, 0) is 0 Å². The van der Waals surface area contributed by atoms with Gasteiger partial charge in [-0.1, -0.05) is 6.92 Å². The number of aliphatic hydroxyl groups excluding tert-OH is 1. The second kappa shape index (κ2) is 4.98. The molecule has 0 aromatic rings. The van der Waals surface area contributed by atoms with Crippen LogP contribution in [0.25, 0.3) is 0 Å². The first kappa shape index (κ1) is 13.6. The molecule has 5 fully saturated rings. The molecular weight excluding hydrogens is 246 g/mol. The van der Waals surface area contributed by atoms with Gasteiger partial charge >= 0.3 is 0 Å². The molecule has 0 aromatic heterocycles. The maximum atomic E-state index is 11.0. The van der Waals surface area contributed by atoms with E-state index in [1.165, 1.54) is 64.5 Å². The summed E-state index contributed by atoms with van der Waals surface area (Å²) in [6.07, 6.45) is 11.1.